The molecular formula is C25H23ClN2O4. The Morgan fingerprint density at radius 1 is 1.06 bits per heavy atom. The molecule has 0 amide bonds. The molecule has 0 fully saturated rings. The maximum Gasteiger partial charge on any atom is 0.233 e. The lowest BCUT2D eigenvalue weighted by Gasteiger charge is -2.34. The van der Waals surface area contributed by atoms with Crippen molar-refractivity contribution in [3.63, 3.8) is 0 Å². The van der Waals surface area contributed by atoms with Gasteiger partial charge in [0.1, 0.15) is 0 Å². The van der Waals surface area contributed by atoms with Gasteiger partial charge in [-0.3, -0.25) is 4.79 Å². The fraction of sp³-hybridized carbons (Fsp3) is 0.280. The molecule has 1 aliphatic heterocycles. The first-order chi connectivity index (χ1) is 15.5. The first kappa shape index (κ1) is 20.6. The predicted octanol–water partition coefficient (Wildman–Crippen LogP) is 5.61. The monoisotopic (exact) mass is 450 g/mol. The largest absolute Gasteiger partial charge is 0.493 e. The number of aromatic nitrogens is 1. The van der Waals surface area contributed by atoms with E-state index >= 15 is 0 Å². The van der Waals surface area contributed by atoms with Crippen molar-refractivity contribution in [2.24, 2.45) is 0 Å². The summed E-state index contributed by atoms with van der Waals surface area (Å²) in [4.78, 5) is 13.6. The van der Waals surface area contributed by atoms with Gasteiger partial charge in [-0.15, -0.1) is 0 Å². The Balaban J connectivity index is 1.58. The molecule has 32 heavy (non-hydrogen) atoms. The first-order valence-electron chi connectivity index (χ1n) is 10.5. The minimum absolute atomic E-state index is 0.0131. The summed E-state index contributed by atoms with van der Waals surface area (Å²) >= 11 is 6.30. The summed E-state index contributed by atoms with van der Waals surface area (Å²) in [6, 6.07) is 13.5. The van der Waals surface area contributed by atoms with Crippen LogP contribution in [-0.2, 0) is 4.79 Å². The highest BCUT2D eigenvalue weighted by molar-refractivity contribution is 6.30. The van der Waals surface area contributed by atoms with Crippen LogP contribution in [-0.4, -0.2) is 25.2 Å². The third kappa shape index (κ3) is 3.35. The van der Waals surface area contributed by atoms with Gasteiger partial charge in [0.25, 0.3) is 0 Å². The van der Waals surface area contributed by atoms with Gasteiger partial charge >= 0.3 is 0 Å². The van der Waals surface area contributed by atoms with Crippen LogP contribution in [0.25, 0.3) is 0 Å². The highest BCUT2D eigenvalue weighted by Gasteiger charge is 2.41. The number of rotatable bonds is 4. The Morgan fingerprint density at radius 3 is 2.62 bits per heavy atom. The summed E-state index contributed by atoms with van der Waals surface area (Å²) < 4.78 is 16.4. The molecule has 1 N–H and O–H groups in total. The fourth-order valence-corrected chi connectivity index (χ4v) is 5.03. The zero-order valence-electron chi connectivity index (χ0n) is 18.1. The maximum absolute atomic E-state index is 13.6. The normalized spacial score (nSPS) is 19.8. The van der Waals surface area contributed by atoms with Gasteiger partial charge in [-0.05, 0) is 54.7 Å². The number of halogens is 1. The topological polar surface area (TPSA) is 73.6 Å². The van der Waals surface area contributed by atoms with Crippen LogP contribution >= 0.6 is 11.6 Å². The van der Waals surface area contributed by atoms with E-state index in [2.05, 4.69) is 10.5 Å². The van der Waals surface area contributed by atoms with Gasteiger partial charge in [0.05, 0.1) is 25.5 Å². The summed E-state index contributed by atoms with van der Waals surface area (Å²) in [5, 5.41) is 8.15. The number of fused-ring (bicyclic) bond motifs is 1. The van der Waals surface area contributed by atoms with E-state index in [9.17, 15) is 4.79 Å². The van der Waals surface area contributed by atoms with E-state index in [0.29, 0.717) is 35.2 Å². The van der Waals surface area contributed by atoms with Gasteiger partial charge in [-0.1, -0.05) is 35.0 Å². The van der Waals surface area contributed by atoms with E-state index in [-0.39, 0.29) is 17.6 Å². The number of anilines is 1. The number of hydrogen-bond donors (Lipinski definition) is 1. The molecule has 7 heteroatoms. The summed E-state index contributed by atoms with van der Waals surface area (Å²) in [6.07, 6.45) is 1.08. The smallest absolute Gasteiger partial charge is 0.233 e. The van der Waals surface area contributed by atoms with Crippen molar-refractivity contribution in [1.29, 1.82) is 0 Å². The summed E-state index contributed by atoms with van der Waals surface area (Å²) in [5.41, 5.74) is 5.28. The second kappa shape index (κ2) is 8.02. The van der Waals surface area contributed by atoms with Crippen molar-refractivity contribution in [3.05, 3.63) is 81.1 Å². The van der Waals surface area contributed by atoms with Crippen LogP contribution < -0.4 is 14.8 Å². The third-order valence-electron chi connectivity index (χ3n) is 6.32. The number of benzene rings is 2. The minimum Gasteiger partial charge on any atom is -0.493 e. The molecule has 3 aromatic rings. The highest BCUT2D eigenvalue weighted by atomic mass is 35.5. The number of methoxy groups -OCH3 is 2. The number of ketones is 1. The lowest BCUT2D eigenvalue weighted by molar-refractivity contribution is -0.116. The molecule has 0 saturated heterocycles. The quantitative estimate of drug-likeness (QED) is 0.556. The lowest BCUT2D eigenvalue weighted by Crippen LogP contribution is -2.29. The number of hydrogen-bond acceptors (Lipinski definition) is 6. The number of Topliss-reactive ketones (excluding diaryl/α,β-unsaturated/α-hetero) is 1. The maximum atomic E-state index is 13.6. The molecule has 0 radical (unpaired) electrons. The van der Waals surface area contributed by atoms with Crippen LogP contribution in [0.1, 0.15) is 47.1 Å². The predicted molar refractivity (Wildman–Crippen MR) is 122 cm³/mol. The standard InChI is InChI=1S/C25H23ClN2O4/c1-13-22-23(15-5-4-6-17(26)9-15)24-18(27-25(22)32-28-13)10-16(11-19(24)29)14-7-8-20(30-2)21(12-14)31-3/h4-9,12,16,23,27H,10-11H2,1-3H3. The van der Waals surface area contributed by atoms with E-state index in [1.165, 1.54) is 0 Å². The number of nitrogens with one attached hydrogen (secondary N) is 1. The molecule has 6 nitrogen and oxygen atoms in total. The summed E-state index contributed by atoms with van der Waals surface area (Å²) in [5.74, 6) is 1.77. The van der Waals surface area contributed by atoms with Crippen molar-refractivity contribution in [3.8, 4) is 11.5 Å². The summed E-state index contributed by atoms with van der Waals surface area (Å²) in [6.45, 7) is 1.90. The zero-order valence-corrected chi connectivity index (χ0v) is 18.8. The third-order valence-corrected chi connectivity index (χ3v) is 6.55. The Kier molecular flexibility index (Phi) is 5.18. The molecule has 0 bridgehead atoms. The van der Waals surface area contributed by atoms with E-state index in [4.69, 9.17) is 25.6 Å². The van der Waals surface area contributed by atoms with Gasteiger partial charge in [-0.2, -0.15) is 0 Å². The molecule has 1 aliphatic carbocycles. The van der Waals surface area contributed by atoms with Gasteiger partial charge in [0.15, 0.2) is 17.3 Å². The minimum atomic E-state index is -0.259. The van der Waals surface area contributed by atoms with Crippen LogP contribution in [0, 0.1) is 6.92 Å². The molecule has 2 aliphatic rings. The number of nitrogens with zero attached hydrogens (tertiary/aromatic N) is 1. The molecule has 0 saturated carbocycles. The van der Waals surface area contributed by atoms with E-state index in [0.717, 1.165) is 33.7 Å². The molecule has 2 unspecified atom stereocenters. The Morgan fingerprint density at radius 2 is 1.88 bits per heavy atom. The Hall–Kier alpha value is -3.25. The fourth-order valence-electron chi connectivity index (χ4n) is 4.83. The molecule has 5 rings (SSSR count). The molecule has 2 atom stereocenters. The Labute approximate surface area is 191 Å². The number of allylic oxidation sites excluding steroid dienone is 2. The molecular weight excluding hydrogens is 428 g/mol. The Bertz CT molecular complexity index is 1250. The number of aryl methyl sites for hydroxylation is 1. The lowest BCUT2D eigenvalue weighted by atomic mass is 9.72. The highest BCUT2D eigenvalue weighted by Crippen LogP contribution is 2.49. The van der Waals surface area contributed by atoms with Crippen LogP contribution in [0.5, 0.6) is 11.5 Å². The molecule has 164 valence electrons. The van der Waals surface area contributed by atoms with Crippen molar-refractivity contribution >= 4 is 23.3 Å². The second-order valence-corrected chi connectivity index (χ2v) is 8.60. The van der Waals surface area contributed by atoms with E-state index < -0.39 is 0 Å². The van der Waals surface area contributed by atoms with E-state index in [1.54, 1.807) is 14.2 Å². The van der Waals surface area contributed by atoms with E-state index in [1.807, 2.05) is 49.4 Å². The van der Waals surface area contributed by atoms with Crippen molar-refractivity contribution in [2.75, 3.05) is 19.5 Å². The first-order valence-corrected chi connectivity index (χ1v) is 10.8. The molecule has 2 aromatic carbocycles. The van der Waals surface area contributed by atoms with Gasteiger partial charge in [0.2, 0.25) is 5.88 Å². The average molecular weight is 451 g/mol. The molecule has 1 aromatic heterocycles. The van der Waals surface area contributed by atoms with Crippen LogP contribution in [0.15, 0.2) is 58.3 Å². The van der Waals surface area contributed by atoms with Crippen molar-refractivity contribution < 1.29 is 18.8 Å². The SMILES string of the molecule is COc1ccc(C2CC(=O)C3=C(C2)Nc2onc(C)c2C3c2cccc(Cl)c2)cc1OC. The summed E-state index contributed by atoms with van der Waals surface area (Å²) in [7, 11) is 3.22. The second-order valence-electron chi connectivity index (χ2n) is 8.16. The number of carbonyl (C=O) groups excluding carboxylic acids is 1. The molecule has 2 heterocycles. The average Bonchev–Trinajstić information content (AvgIpc) is 3.17. The number of carbonyl (C=O) groups is 1. The van der Waals surface area contributed by atoms with Crippen LogP contribution in [0.2, 0.25) is 5.02 Å². The van der Waals surface area contributed by atoms with Crippen LogP contribution in [0.3, 0.4) is 0 Å². The van der Waals surface area contributed by atoms with Gasteiger partial charge < -0.3 is 19.3 Å². The zero-order chi connectivity index (χ0) is 22.4. The van der Waals surface area contributed by atoms with Crippen molar-refractivity contribution in [1.82, 2.24) is 5.16 Å². The van der Waals surface area contributed by atoms with Gasteiger partial charge in [0, 0.05) is 28.6 Å². The number of ether oxygens (including phenoxy) is 2. The molecule has 0 spiro atoms. The van der Waals surface area contributed by atoms with Crippen LogP contribution in [0.4, 0.5) is 5.88 Å². The van der Waals surface area contributed by atoms with Gasteiger partial charge in [-0.25, -0.2) is 0 Å². The van der Waals surface area contributed by atoms with Crippen molar-refractivity contribution in [2.45, 2.75) is 31.6 Å².